The number of furan rings is 1. The van der Waals surface area contributed by atoms with Gasteiger partial charge in [-0.15, -0.1) is 0 Å². The minimum Gasteiger partial charge on any atom is -0.477 e. The summed E-state index contributed by atoms with van der Waals surface area (Å²) in [6.45, 7) is 0.158. The lowest BCUT2D eigenvalue weighted by Crippen LogP contribution is -2.07. The molecular weight excluding hydrogens is 308 g/mol. The van der Waals surface area contributed by atoms with E-state index in [4.69, 9.17) is 9.15 Å². The molecule has 2 N–H and O–H groups in total. The zero-order chi connectivity index (χ0) is 16.7. The second kappa shape index (κ2) is 5.50. The van der Waals surface area contributed by atoms with Crippen molar-refractivity contribution >= 4 is 27.8 Å². The van der Waals surface area contributed by atoms with Gasteiger partial charge in [-0.3, -0.25) is 0 Å². The zero-order valence-electron chi connectivity index (χ0n) is 12.9. The Kier molecular flexibility index (Phi) is 3.32. The number of aromatic amines is 1. The molecule has 0 fully saturated rings. The summed E-state index contributed by atoms with van der Waals surface area (Å²) in [5, 5.41) is 11.2. The van der Waals surface area contributed by atoms with Gasteiger partial charge in [-0.1, -0.05) is 12.1 Å². The first-order valence-corrected chi connectivity index (χ1v) is 7.39. The van der Waals surface area contributed by atoms with Crippen LogP contribution in [0.25, 0.3) is 33.1 Å². The molecule has 0 aliphatic heterocycles. The number of nitrogens with one attached hydrogen (secondary N) is 1. The molecule has 4 rings (SSSR count). The van der Waals surface area contributed by atoms with Crippen LogP contribution in [0.4, 0.5) is 0 Å². The molecule has 6 nitrogen and oxygen atoms in total. The maximum absolute atomic E-state index is 11.6. The summed E-state index contributed by atoms with van der Waals surface area (Å²) in [4.78, 5) is 18.9. The van der Waals surface area contributed by atoms with Crippen molar-refractivity contribution in [1.82, 2.24) is 9.97 Å². The second-order valence-corrected chi connectivity index (χ2v) is 5.44. The van der Waals surface area contributed by atoms with Gasteiger partial charge in [0.25, 0.3) is 0 Å². The summed E-state index contributed by atoms with van der Waals surface area (Å²) in [5.41, 5.74) is 3.09. The molecule has 3 aromatic heterocycles. The molecule has 1 aromatic carbocycles. The Morgan fingerprint density at radius 2 is 2.12 bits per heavy atom. The van der Waals surface area contributed by atoms with Crippen molar-refractivity contribution in [3.63, 3.8) is 0 Å². The van der Waals surface area contributed by atoms with E-state index in [1.54, 1.807) is 12.5 Å². The van der Waals surface area contributed by atoms with E-state index in [0.717, 1.165) is 33.1 Å². The Balaban J connectivity index is 2.17. The van der Waals surface area contributed by atoms with Gasteiger partial charge in [0.05, 0.1) is 24.6 Å². The van der Waals surface area contributed by atoms with E-state index >= 15 is 0 Å². The average Bonchev–Trinajstić information content (AvgIpc) is 3.22. The number of hydrogen-bond donors (Lipinski definition) is 2. The number of aromatic nitrogens is 2. The van der Waals surface area contributed by atoms with Gasteiger partial charge in [-0.2, -0.15) is 0 Å². The largest absolute Gasteiger partial charge is 0.477 e. The quantitative estimate of drug-likeness (QED) is 0.596. The summed E-state index contributed by atoms with van der Waals surface area (Å²) < 4.78 is 10.8. The van der Waals surface area contributed by atoms with Gasteiger partial charge in [0, 0.05) is 34.5 Å². The van der Waals surface area contributed by atoms with Crippen LogP contribution in [0.1, 0.15) is 16.1 Å². The molecule has 6 heteroatoms. The minimum absolute atomic E-state index is 0.000465. The number of hydrogen-bond acceptors (Lipinski definition) is 4. The Bertz CT molecular complexity index is 1050. The summed E-state index contributed by atoms with van der Waals surface area (Å²) in [6, 6.07) is 9.52. The van der Waals surface area contributed by atoms with Gasteiger partial charge in [-0.25, -0.2) is 9.78 Å². The Morgan fingerprint density at radius 1 is 1.25 bits per heavy atom. The predicted molar refractivity (Wildman–Crippen MR) is 89.0 cm³/mol. The molecule has 0 amide bonds. The van der Waals surface area contributed by atoms with Crippen LogP contribution in [-0.2, 0) is 11.3 Å². The molecular formula is C18H14N2O4. The van der Waals surface area contributed by atoms with Crippen LogP contribution >= 0.6 is 0 Å². The fourth-order valence-corrected chi connectivity index (χ4v) is 3.11. The lowest BCUT2D eigenvalue weighted by Gasteiger charge is -2.08. The highest BCUT2D eigenvalue weighted by molar-refractivity contribution is 6.16. The van der Waals surface area contributed by atoms with Gasteiger partial charge < -0.3 is 19.2 Å². The molecule has 0 atom stereocenters. The molecule has 4 aromatic rings. The molecule has 0 aliphatic rings. The van der Waals surface area contributed by atoms with Gasteiger partial charge in [0.1, 0.15) is 5.76 Å². The van der Waals surface area contributed by atoms with Crippen LogP contribution in [0.5, 0.6) is 0 Å². The van der Waals surface area contributed by atoms with E-state index in [1.807, 2.05) is 30.3 Å². The topological polar surface area (TPSA) is 88.4 Å². The molecule has 0 spiro atoms. The molecule has 24 heavy (non-hydrogen) atoms. The number of fused-ring (bicyclic) bond motifs is 3. The Morgan fingerprint density at radius 3 is 2.83 bits per heavy atom. The number of carboxylic acids is 1. The van der Waals surface area contributed by atoms with Gasteiger partial charge in [-0.05, 0) is 18.2 Å². The maximum Gasteiger partial charge on any atom is 0.354 e. The highest BCUT2D eigenvalue weighted by Gasteiger charge is 2.20. The summed E-state index contributed by atoms with van der Waals surface area (Å²) in [5.74, 6) is -0.354. The van der Waals surface area contributed by atoms with Crippen LogP contribution < -0.4 is 0 Å². The predicted octanol–water partition coefficient (Wildman–Crippen LogP) is 3.82. The van der Waals surface area contributed by atoms with Crippen molar-refractivity contribution in [1.29, 1.82) is 0 Å². The fraction of sp³-hybridized carbons (Fsp3) is 0.111. The first kappa shape index (κ1) is 14.5. The molecule has 3 heterocycles. The molecule has 0 radical (unpaired) electrons. The van der Waals surface area contributed by atoms with Gasteiger partial charge in [0.2, 0.25) is 0 Å². The van der Waals surface area contributed by atoms with Gasteiger partial charge >= 0.3 is 5.97 Å². The van der Waals surface area contributed by atoms with E-state index in [9.17, 15) is 9.90 Å². The molecule has 0 aliphatic carbocycles. The van der Waals surface area contributed by atoms with Crippen molar-refractivity contribution in [2.24, 2.45) is 0 Å². The SMILES string of the molecule is COCc1c(C(=O)O)ncc2[nH]c3cccc(-c4ccco4)c3c12. The third-order valence-electron chi connectivity index (χ3n) is 4.04. The van der Waals surface area contributed by atoms with E-state index in [0.29, 0.717) is 5.56 Å². The number of nitrogens with zero attached hydrogens (tertiary/aromatic N) is 1. The number of pyridine rings is 1. The van der Waals surface area contributed by atoms with E-state index in [-0.39, 0.29) is 12.3 Å². The number of ether oxygens (including phenoxy) is 1. The molecule has 0 bridgehead atoms. The monoisotopic (exact) mass is 322 g/mol. The average molecular weight is 322 g/mol. The van der Waals surface area contributed by atoms with Crippen molar-refractivity contribution in [3.8, 4) is 11.3 Å². The van der Waals surface area contributed by atoms with Crippen LogP contribution in [0.2, 0.25) is 0 Å². The smallest absolute Gasteiger partial charge is 0.354 e. The number of carbonyl (C=O) groups is 1. The summed E-state index contributed by atoms with van der Waals surface area (Å²) in [6.07, 6.45) is 3.16. The number of H-pyrrole nitrogens is 1. The number of rotatable bonds is 4. The zero-order valence-corrected chi connectivity index (χ0v) is 12.9. The maximum atomic E-state index is 11.6. The molecule has 0 saturated carbocycles. The van der Waals surface area contributed by atoms with E-state index < -0.39 is 5.97 Å². The molecule has 0 saturated heterocycles. The fourth-order valence-electron chi connectivity index (χ4n) is 3.11. The third kappa shape index (κ3) is 2.08. The van der Waals surface area contributed by atoms with Crippen molar-refractivity contribution in [2.75, 3.05) is 7.11 Å². The molecule has 0 unspecified atom stereocenters. The first-order valence-electron chi connectivity index (χ1n) is 7.39. The number of benzene rings is 1. The van der Waals surface area contributed by atoms with Crippen molar-refractivity contribution in [3.05, 3.63) is 54.0 Å². The Hall–Kier alpha value is -3.12. The van der Waals surface area contributed by atoms with Crippen molar-refractivity contribution in [2.45, 2.75) is 6.61 Å². The molecule has 120 valence electrons. The van der Waals surface area contributed by atoms with Crippen LogP contribution in [-0.4, -0.2) is 28.2 Å². The summed E-state index contributed by atoms with van der Waals surface area (Å²) >= 11 is 0. The number of methoxy groups -OCH3 is 1. The lowest BCUT2D eigenvalue weighted by atomic mass is 10.0. The van der Waals surface area contributed by atoms with E-state index in [2.05, 4.69) is 9.97 Å². The number of carboxylic acid groups (broad SMARTS) is 1. The second-order valence-electron chi connectivity index (χ2n) is 5.44. The summed E-state index contributed by atoms with van der Waals surface area (Å²) in [7, 11) is 1.53. The van der Waals surface area contributed by atoms with E-state index in [1.165, 1.54) is 7.11 Å². The lowest BCUT2D eigenvalue weighted by molar-refractivity contribution is 0.0685. The Labute approximate surface area is 136 Å². The van der Waals surface area contributed by atoms with Crippen LogP contribution in [0, 0.1) is 0 Å². The van der Waals surface area contributed by atoms with Crippen LogP contribution in [0.3, 0.4) is 0 Å². The highest BCUT2D eigenvalue weighted by atomic mass is 16.5. The number of aromatic carboxylic acids is 1. The van der Waals surface area contributed by atoms with Crippen LogP contribution in [0.15, 0.2) is 47.2 Å². The minimum atomic E-state index is -1.08. The third-order valence-corrected chi connectivity index (χ3v) is 4.04. The van der Waals surface area contributed by atoms with Gasteiger partial charge in [0.15, 0.2) is 5.69 Å². The van der Waals surface area contributed by atoms with Crippen molar-refractivity contribution < 1.29 is 19.1 Å². The standard InChI is InChI=1S/C18H14N2O4/c1-23-9-11-16-13(8-19-17(11)18(21)22)20-12-5-2-4-10(15(12)16)14-6-3-7-24-14/h2-8,20H,9H2,1H3,(H,21,22). The normalized spacial score (nSPS) is 11.4. The highest BCUT2D eigenvalue weighted by Crippen LogP contribution is 2.37. The first-order chi connectivity index (χ1) is 11.7.